The maximum absolute atomic E-state index is 12.3. The van der Waals surface area contributed by atoms with Gasteiger partial charge in [-0.25, -0.2) is 8.42 Å². The maximum atomic E-state index is 12.3. The standard InChI is InChI=1S/C19H18ClN3O3S2/c20-13-5-4-6-14(9-13)21-18(24)10-27-19-22-16-11-28(25,26)12-17(16)23(19)15-7-2-1-3-8-15/h1-9,16-17H,10-12H2,(H,21,24)/t16-,17-/m1/s1. The van der Waals surface area contributed by atoms with Gasteiger partial charge < -0.3 is 10.2 Å². The summed E-state index contributed by atoms with van der Waals surface area (Å²) in [7, 11) is -3.10. The summed E-state index contributed by atoms with van der Waals surface area (Å²) >= 11 is 7.25. The number of aliphatic imine (C=N–C) groups is 1. The van der Waals surface area contributed by atoms with Gasteiger partial charge >= 0.3 is 0 Å². The second-order valence-corrected chi connectivity index (χ2v) is 10.2. The van der Waals surface area contributed by atoms with Crippen molar-refractivity contribution in [3.8, 4) is 0 Å². The average molecular weight is 436 g/mol. The molecule has 1 N–H and O–H groups in total. The summed E-state index contributed by atoms with van der Waals surface area (Å²) in [6.45, 7) is 0. The zero-order valence-electron chi connectivity index (χ0n) is 14.8. The van der Waals surface area contributed by atoms with Crippen molar-refractivity contribution < 1.29 is 13.2 Å². The molecule has 9 heteroatoms. The number of hydrogen-bond acceptors (Lipinski definition) is 6. The third-order valence-electron chi connectivity index (χ3n) is 4.58. The topological polar surface area (TPSA) is 78.8 Å². The third-order valence-corrected chi connectivity index (χ3v) is 7.48. The SMILES string of the molecule is O=C(CSC1=N[C@@H]2CS(=O)(=O)C[C@H]2N1c1ccccc1)Nc1cccc(Cl)c1. The molecule has 6 nitrogen and oxygen atoms in total. The van der Waals surface area contributed by atoms with Crippen LogP contribution in [0.15, 0.2) is 59.6 Å². The molecule has 0 radical (unpaired) electrons. The van der Waals surface area contributed by atoms with Gasteiger partial charge in [-0.05, 0) is 30.3 Å². The number of halogens is 1. The quantitative estimate of drug-likeness (QED) is 0.798. The van der Waals surface area contributed by atoms with Crippen molar-refractivity contribution in [3.63, 3.8) is 0 Å². The number of nitrogens with one attached hydrogen (secondary N) is 1. The van der Waals surface area contributed by atoms with E-state index in [0.29, 0.717) is 15.9 Å². The van der Waals surface area contributed by atoms with Crippen LogP contribution in [0.3, 0.4) is 0 Å². The molecule has 0 spiro atoms. The lowest BCUT2D eigenvalue weighted by atomic mass is 10.1. The monoisotopic (exact) mass is 435 g/mol. The van der Waals surface area contributed by atoms with Crippen molar-refractivity contribution in [2.75, 3.05) is 27.5 Å². The lowest BCUT2D eigenvalue weighted by Gasteiger charge is -2.26. The normalized spacial score (nSPS) is 22.6. The summed E-state index contributed by atoms with van der Waals surface area (Å²) in [6.07, 6.45) is 0. The zero-order valence-corrected chi connectivity index (χ0v) is 17.2. The Balaban J connectivity index is 1.48. The highest BCUT2D eigenvalue weighted by Crippen LogP contribution is 2.35. The molecule has 0 aliphatic carbocycles. The first-order valence-electron chi connectivity index (χ1n) is 8.72. The van der Waals surface area contributed by atoms with E-state index in [2.05, 4.69) is 10.3 Å². The summed E-state index contributed by atoms with van der Waals surface area (Å²) in [4.78, 5) is 18.9. The number of amidine groups is 1. The van der Waals surface area contributed by atoms with Gasteiger partial charge in [-0.2, -0.15) is 0 Å². The van der Waals surface area contributed by atoms with Crippen molar-refractivity contribution >= 4 is 55.6 Å². The van der Waals surface area contributed by atoms with Crippen molar-refractivity contribution in [3.05, 3.63) is 59.6 Å². The molecular formula is C19H18ClN3O3S2. The van der Waals surface area contributed by atoms with Gasteiger partial charge in [0.05, 0.1) is 29.3 Å². The summed E-state index contributed by atoms with van der Waals surface area (Å²) < 4.78 is 24.1. The number of fused-ring (bicyclic) bond motifs is 1. The van der Waals surface area contributed by atoms with Gasteiger partial charge in [-0.15, -0.1) is 0 Å². The second kappa shape index (κ2) is 7.77. The number of amides is 1. The van der Waals surface area contributed by atoms with Gasteiger partial charge in [0.2, 0.25) is 5.91 Å². The van der Waals surface area contributed by atoms with Gasteiger partial charge in [0.1, 0.15) is 0 Å². The van der Waals surface area contributed by atoms with E-state index in [1.165, 1.54) is 11.8 Å². The van der Waals surface area contributed by atoms with E-state index in [-0.39, 0.29) is 35.2 Å². The first-order valence-corrected chi connectivity index (χ1v) is 11.9. The highest BCUT2D eigenvalue weighted by atomic mass is 35.5. The molecule has 1 amide bonds. The minimum absolute atomic E-state index is 0.0553. The van der Waals surface area contributed by atoms with Crippen molar-refractivity contribution in [1.29, 1.82) is 0 Å². The fourth-order valence-corrected chi connectivity index (χ4v) is 6.37. The largest absolute Gasteiger partial charge is 0.325 e. The fourth-order valence-electron chi connectivity index (χ4n) is 3.42. The average Bonchev–Trinajstić information content (AvgIpc) is 3.11. The number of thioether (sulfide) groups is 1. The first-order chi connectivity index (χ1) is 13.4. The van der Waals surface area contributed by atoms with Crippen molar-refractivity contribution in [2.24, 2.45) is 4.99 Å². The molecule has 2 aliphatic rings. The zero-order chi connectivity index (χ0) is 19.7. The van der Waals surface area contributed by atoms with E-state index < -0.39 is 9.84 Å². The van der Waals surface area contributed by atoms with Gasteiger partial charge in [0.25, 0.3) is 0 Å². The number of hydrogen-bond donors (Lipinski definition) is 1. The van der Waals surface area contributed by atoms with Gasteiger partial charge in [0.15, 0.2) is 15.0 Å². The lowest BCUT2D eigenvalue weighted by Crippen LogP contribution is -2.39. The van der Waals surface area contributed by atoms with Crippen LogP contribution in [0.4, 0.5) is 11.4 Å². The summed E-state index contributed by atoms with van der Waals surface area (Å²) in [5, 5.41) is 4.04. The number of anilines is 2. The minimum atomic E-state index is -3.10. The Bertz CT molecular complexity index is 1030. The van der Waals surface area contributed by atoms with Crippen LogP contribution in [-0.2, 0) is 14.6 Å². The maximum Gasteiger partial charge on any atom is 0.234 e. The number of sulfone groups is 1. The van der Waals surface area contributed by atoms with Crippen LogP contribution in [0, 0.1) is 0 Å². The van der Waals surface area contributed by atoms with Crippen LogP contribution in [0.1, 0.15) is 0 Å². The Hall–Kier alpha value is -2.03. The number of benzene rings is 2. The van der Waals surface area contributed by atoms with Crippen LogP contribution < -0.4 is 10.2 Å². The van der Waals surface area contributed by atoms with E-state index in [1.54, 1.807) is 24.3 Å². The van der Waals surface area contributed by atoms with E-state index in [9.17, 15) is 13.2 Å². The Labute approximate surface area is 172 Å². The van der Waals surface area contributed by atoms with Crippen LogP contribution in [-0.4, -0.2) is 48.8 Å². The third kappa shape index (κ3) is 4.19. The molecule has 2 atom stereocenters. The summed E-state index contributed by atoms with van der Waals surface area (Å²) in [5.41, 5.74) is 1.52. The lowest BCUT2D eigenvalue weighted by molar-refractivity contribution is -0.113. The molecule has 0 saturated carbocycles. The predicted molar refractivity (Wildman–Crippen MR) is 115 cm³/mol. The molecular weight excluding hydrogens is 418 g/mol. The molecule has 28 heavy (non-hydrogen) atoms. The smallest absolute Gasteiger partial charge is 0.234 e. The molecule has 2 aromatic carbocycles. The predicted octanol–water partition coefficient (Wildman–Crippen LogP) is 3.05. The van der Waals surface area contributed by atoms with Crippen LogP contribution in [0.5, 0.6) is 0 Å². The Morgan fingerprint density at radius 2 is 1.96 bits per heavy atom. The van der Waals surface area contributed by atoms with E-state index >= 15 is 0 Å². The van der Waals surface area contributed by atoms with Crippen LogP contribution in [0.25, 0.3) is 0 Å². The molecule has 0 aromatic heterocycles. The molecule has 1 saturated heterocycles. The van der Waals surface area contributed by atoms with E-state index in [1.807, 2.05) is 35.2 Å². The van der Waals surface area contributed by atoms with Crippen LogP contribution in [0.2, 0.25) is 5.02 Å². The molecule has 1 fully saturated rings. The van der Waals surface area contributed by atoms with Gasteiger partial charge in [-0.1, -0.05) is 47.6 Å². The van der Waals surface area contributed by atoms with Crippen LogP contribution >= 0.6 is 23.4 Å². The summed E-state index contributed by atoms with van der Waals surface area (Å²) in [5.74, 6) is 0.128. The van der Waals surface area contributed by atoms with Crippen molar-refractivity contribution in [2.45, 2.75) is 12.1 Å². The number of para-hydroxylation sites is 1. The van der Waals surface area contributed by atoms with E-state index in [0.717, 1.165) is 5.69 Å². The first kappa shape index (κ1) is 19.3. The fraction of sp³-hybridized carbons (Fsp3) is 0.263. The molecule has 146 valence electrons. The number of nitrogens with zero attached hydrogens (tertiary/aromatic N) is 2. The number of rotatable bonds is 4. The highest BCUT2D eigenvalue weighted by Gasteiger charge is 2.47. The molecule has 4 rings (SSSR count). The molecule has 0 unspecified atom stereocenters. The Morgan fingerprint density at radius 3 is 2.71 bits per heavy atom. The molecule has 2 heterocycles. The minimum Gasteiger partial charge on any atom is -0.325 e. The molecule has 0 bridgehead atoms. The van der Waals surface area contributed by atoms with Gasteiger partial charge in [0, 0.05) is 16.4 Å². The van der Waals surface area contributed by atoms with E-state index in [4.69, 9.17) is 11.6 Å². The Kier molecular flexibility index (Phi) is 5.35. The summed E-state index contributed by atoms with van der Waals surface area (Å²) in [6, 6.07) is 16.0. The van der Waals surface area contributed by atoms with Gasteiger partial charge in [-0.3, -0.25) is 9.79 Å². The second-order valence-electron chi connectivity index (χ2n) is 6.68. The Morgan fingerprint density at radius 1 is 1.18 bits per heavy atom. The number of carbonyl (C=O) groups excluding carboxylic acids is 1. The van der Waals surface area contributed by atoms with Crippen molar-refractivity contribution in [1.82, 2.24) is 0 Å². The molecule has 2 aliphatic heterocycles. The molecule has 2 aromatic rings. The highest BCUT2D eigenvalue weighted by molar-refractivity contribution is 8.14. The number of carbonyl (C=O) groups is 1.